The Hall–Kier alpha value is -5.27. The van der Waals surface area contributed by atoms with Crippen molar-refractivity contribution in [1.29, 1.82) is 0 Å². The molecule has 2 aromatic carbocycles. The van der Waals surface area contributed by atoms with Gasteiger partial charge >= 0.3 is 0 Å². The molecule has 0 fully saturated rings. The normalized spacial score (nSPS) is 12.9. The van der Waals surface area contributed by atoms with Crippen LogP contribution in [0.5, 0.6) is 0 Å². The maximum atomic E-state index is 14.3. The minimum atomic E-state index is -0.674. The van der Waals surface area contributed by atoms with Gasteiger partial charge in [-0.25, -0.2) is 14.8 Å². The van der Waals surface area contributed by atoms with Crippen molar-refractivity contribution >= 4 is 35.3 Å². The lowest BCUT2D eigenvalue weighted by Crippen LogP contribution is -2.47. The number of pyridine rings is 2. The Morgan fingerprint density at radius 2 is 1.60 bits per heavy atom. The topological polar surface area (TPSA) is 147 Å². The highest BCUT2D eigenvalue weighted by atomic mass is 17.1. The highest BCUT2D eigenvalue weighted by molar-refractivity contribution is 6.14. The number of anilines is 2. The third-order valence-corrected chi connectivity index (χ3v) is 8.43. The third kappa shape index (κ3) is 7.79. The highest BCUT2D eigenvalue weighted by Crippen LogP contribution is 2.24. The molecule has 260 valence electrons. The van der Waals surface area contributed by atoms with E-state index in [0.717, 1.165) is 55.0 Å². The number of ketones is 1. The molecule has 0 bridgehead atoms. The van der Waals surface area contributed by atoms with Gasteiger partial charge in [0.1, 0.15) is 13.2 Å². The molecule has 0 radical (unpaired) electrons. The summed E-state index contributed by atoms with van der Waals surface area (Å²) in [5.41, 5.74) is 2.65. The van der Waals surface area contributed by atoms with Crippen LogP contribution in [0.15, 0.2) is 82.8 Å². The molecule has 1 amide bonds. The summed E-state index contributed by atoms with van der Waals surface area (Å²) in [5, 5.41) is 23.6. The van der Waals surface area contributed by atoms with Crippen LogP contribution in [0, 0.1) is 0 Å². The molecule has 12 heteroatoms. The van der Waals surface area contributed by atoms with Crippen LogP contribution in [0.25, 0.3) is 17.8 Å². The molecule has 1 aliphatic rings. The van der Waals surface area contributed by atoms with Gasteiger partial charge in [-0.1, -0.05) is 69.2 Å². The van der Waals surface area contributed by atoms with Crippen molar-refractivity contribution < 1.29 is 29.9 Å². The smallest absolute Gasteiger partial charge is 0.284 e. The van der Waals surface area contributed by atoms with Crippen molar-refractivity contribution in [3.63, 3.8) is 0 Å². The van der Waals surface area contributed by atoms with E-state index < -0.39 is 17.2 Å². The first-order chi connectivity index (χ1) is 24.3. The summed E-state index contributed by atoms with van der Waals surface area (Å²) in [4.78, 5) is 57.0. The molecule has 2 N–H and O–H groups in total. The molecule has 50 heavy (non-hydrogen) atoms. The van der Waals surface area contributed by atoms with Crippen LogP contribution >= 0.6 is 0 Å². The Morgan fingerprint density at radius 3 is 2.22 bits per heavy atom. The number of rotatable bonds is 16. The lowest BCUT2D eigenvalue weighted by atomic mass is 10.0. The third-order valence-electron chi connectivity index (χ3n) is 8.43. The number of unbranched alkanes of at least 4 members (excludes halogenated alkanes) is 2. The van der Waals surface area contributed by atoms with Crippen LogP contribution in [0.2, 0.25) is 0 Å². The fourth-order valence-corrected chi connectivity index (χ4v) is 5.87. The van der Waals surface area contributed by atoms with E-state index in [0.29, 0.717) is 16.8 Å². The molecule has 4 aromatic rings. The number of Topliss-reactive ketones (excluding diaryl/α,β-unsaturated/α-hetero) is 1. The summed E-state index contributed by atoms with van der Waals surface area (Å²) in [5.74, 6) is -1.09. The minimum Gasteiger partial charge on any atom is -0.372 e. The van der Waals surface area contributed by atoms with E-state index in [1.165, 1.54) is 23.8 Å². The van der Waals surface area contributed by atoms with Crippen molar-refractivity contribution in [3.8, 4) is 5.69 Å². The average molecular weight is 680 g/mol. The summed E-state index contributed by atoms with van der Waals surface area (Å²) in [6.45, 7) is 7.32. The molecule has 0 aliphatic carbocycles. The van der Waals surface area contributed by atoms with Gasteiger partial charge in [0.2, 0.25) is 0 Å². The zero-order chi connectivity index (χ0) is 35.6. The van der Waals surface area contributed by atoms with E-state index in [-0.39, 0.29) is 40.9 Å². The predicted octanol–water partition coefficient (Wildman–Crippen LogP) is 5.51. The fourth-order valence-electron chi connectivity index (χ4n) is 5.87. The molecular weight excluding hydrogens is 638 g/mol. The van der Waals surface area contributed by atoms with Crippen LogP contribution in [-0.4, -0.2) is 44.8 Å². The Morgan fingerprint density at radius 1 is 0.920 bits per heavy atom. The van der Waals surface area contributed by atoms with Crippen molar-refractivity contribution in [2.75, 3.05) is 23.0 Å². The largest absolute Gasteiger partial charge is 0.372 e. The van der Waals surface area contributed by atoms with Crippen molar-refractivity contribution in [2.24, 2.45) is 5.10 Å². The number of benzene rings is 2. The molecule has 1 aliphatic heterocycles. The first kappa shape index (κ1) is 36.0. The second kappa shape index (κ2) is 16.9. The SMILES string of the molecule is CCCCN(CCCC)c1ccc(/C=C/C=c2/c(C(C)=O)c3c(n(-c4ccc(COO)cc4)c2=O)=NN(c2ncccc2COO)C3=O)cc1. The first-order valence-electron chi connectivity index (χ1n) is 16.6. The molecule has 0 atom stereocenters. The Labute approximate surface area is 289 Å². The highest BCUT2D eigenvalue weighted by Gasteiger charge is 2.35. The molecule has 3 heterocycles. The zero-order valence-electron chi connectivity index (χ0n) is 28.4. The predicted molar refractivity (Wildman–Crippen MR) is 191 cm³/mol. The standard InChI is InChI=1S/C38H41N5O7/c1-4-6-22-41(23-7-5-2)30-17-13-27(14-18-30)10-8-12-32-33(26(3)44)34-36(42(37(32)45)31-19-15-28(16-20-31)24-49-47)40-43(38(34)46)35-29(25-50-48)11-9-21-39-35/h8-21,47-48H,4-7,22-25H2,1-3H3/b10-8+,32-12-. The molecule has 2 aromatic heterocycles. The van der Waals surface area contributed by atoms with Gasteiger partial charge in [0.15, 0.2) is 17.1 Å². The van der Waals surface area contributed by atoms with E-state index in [2.05, 4.69) is 50.7 Å². The molecule has 0 spiro atoms. The molecule has 0 unspecified atom stereocenters. The van der Waals surface area contributed by atoms with Crippen LogP contribution in [0.1, 0.15) is 83.9 Å². The number of nitrogens with zero attached hydrogens (tertiary/aromatic N) is 5. The van der Waals surface area contributed by atoms with Gasteiger partial charge in [0, 0.05) is 36.1 Å². The molecule has 0 saturated heterocycles. The summed E-state index contributed by atoms with van der Waals surface area (Å²) in [6, 6.07) is 18.0. The summed E-state index contributed by atoms with van der Waals surface area (Å²) < 4.78 is 1.27. The van der Waals surface area contributed by atoms with Gasteiger partial charge in [0.25, 0.3) is 11.5 Å². The van der Waals surface area contributed by atoms with Crippen LogP contribution in [0.3, 0.4) is 0 Å². The van der Waals surface area contributed by atoms with E-state index in [1.807, 2.05) is 18.2 Å². The Balaban J connectivity index is 1.64. The van der Waals surface area contributed by atoms with E-state index in [9.17, 15) is 14.4 Å². The van der Waals surface area contributed by atoms with E-state index in [4.69, 9.17) is 10.5 Å². The Bertz CT molecular complexity index is 2030. The van der Waals surface area contributed by atoms with Crippen LogP contribution < -0.4 is 26.2 Å². The Kier molecular flexibility index (Phi) is 12.2. The lowest BCUT2D eigenvalue weighted by Gasteiger charge is -2.24. The number of carbonyl (C=O) groups is 2. The lowest BCUT2D eigenvalue weighted by molar-refractivity contribution is -0.253. The quantitative estimate of drug-likeness (QED) is 0.0889. The molecule has 12 nitrogen and oxygen atoms in total. The van der Waals surface area contributed by atoms with E-state index in [1.54, 1.807) is 42.5 Å². The first-order valence-corrected chi connectivity index (χ1v) is 16.6. The number of amides is 1. The fraction of sp³-hybridized carbons (Fsp3) is 0.289. The number of hydrogen-bond donors (Lipinski definition) is 2. The van der Waals surface area contributed by atoms with Gasteiger partial charge < -0.3 is 4.90 Å². The van der Waals surface area contributed by atoms with Gasteiger partial charge in [-0.3, -0.25) is 29.5 Å². The summed E-state index contributed by atoms with van der Waals surface area (Å²) in [7, 11) is 0. The molecular formula is C38H41N5O7. The maximum absolute atomic E-state index is 14.3. The number of carbonyl (C=O) groups excluding carboxylic acids is 2. The molecule has 0 saturated carbocycles. The monoisotopic (exact) mass is 679 g/mol. The molecule has 5 rings (SSSR count). The summed E-state index contributed by atoms with van der Waals surface area (Å²) in [6.07, 6.45) is 11.0. The average Bonchev–Trinajstić information content (AvgIpc) is 3.45. The second-order valence-electron chi connectivity index (χ2n) is 11.9. The number of aromatic nitrogens is 2. The number of fused-ring (bicyclic) bond motifs is 1. The second-order valence-corrected chi connectivity index (χ2v) is 11.9. The van der Waals surface area contributed by atoms with Crippen LogP contribution in [0.4, 0.5) is 11.5 Å². The zero-order valence-corrected chi connectivity index (χ0v) is 28.4. The van der Waals surface area contributed by atoms with Gasteiger partial charge in [-0.05, 0) is 67.3 Å². The number of allylic oxidation sites excluding steroid dienone is 1. The van der Waals surface area contributed by atoms with Gasteiger partial charge in [-0.15, -0.1) is 5.10 Å². The van der Waals surface area contributed by atoms with Crippen molar-refractivity contribution in [3.05, 3.63) is 122 Å². The van der Waals surface area contributed by atoms with Gasteiger partial charge in [-0.2, -0.15) is 5.01 Å². The van der Waals surface area contributed by atoms with Crippen molar-refractivity contribution in [1.82, 2.24) is 9.55 Å². The number of hydrogen-bond acceptors (Lipinski definition) is 10. The van der Waals surface area contributed by atoms with Crippen LogP contribution in [-0.2, 0) is 23.0 Å². The van der Waals surface area contributed by atoms with Gasteiger partial charge in [0.05, 0.1) is 16.5 Å². The van der Waals surface area contributed by atoms with Crippen molar-refractivity contribution in [2.45, 2.75) is 59.7 Å². The van der Waals surface area contributed by atoms with E-state index >= 15 is 0 Å². The minimum absolute atomic E-state index is 0.0162. The maximum Gasteiger partial charge on any atom is 0.284 e. The summed E-state index contributed by atoms with van der Waals surface area (Å²) >= 11 is 0.